The van der Waals surface area contributed by atoms with Crippen LogP contribution in [0.5, 0.6) is 0 Å². The molecule has 0 bridgehead atoms. The largest absolute Gasteiger partial charge is 0.389 e. The second-order valence-corrected chi connectivity index (χ2v) is 5.95. The van der Waals surface area contributed by atoms with Gasteiger partial charge in [0.05, 0.1) is 30.5 Å². The molecule has 6 heteroatoms. The number of nitrogens with one attached hydrogen (secondary N) is 1. The maximum Gasteiger partial charge on any atom is 0.0945 e. The second kappa shape index (κ2) is 7.59. The van der Waals surface area contributed by atoms with Gasteiger partial charge < -0.3 is 15.2 Å². The van der Waals surface area contributed by atoms with E-state index >= 15 is 0 Å². The Kier molecular flexibility index (Phi) is 5.78. The van der Waals surface area contributed by atoms with Crippen LogP contribution in [0.1, 0.15) is 10.6 Å². The average Bonchev–Trinajstić information content (AvgIpc) is 3.04. The standard InChI is InChI=1S/C13H18N2O2S2/c1-10-13(19-9-15-10)2-4-17-7-12(16)6-14-11-3-5-18-8-11/h3,5,8-9,12,14,16H,2,4,6-7H2,1H3. The normalized spacial score (nSPS) is 12.5. The minimum Gasteiger partial charge on any atom is -0.389 e. The van der Waals surface area contributed by atoms with Gasteiger partial charge in [-0.05, 0) is 18.4 Å². The van der Waals surface area contributed by atoms with Crippen LogP contribution in [0, 0.1) is 6.92 Å². The second-order valence-electron chi connectivity index (χ2n) is 4.23. The summed E-state index contributed by atoms with van der Waals surface area (Å²) in [5.74, 6) is 0. The molecule has 0 fully saturated rings. The van der Waals surface area contributed by atoms with Gasteiger partial charge >= 0.3 is 0 Å². The molecular weight excluding hydrogens is 280 g/mol. The first-order chi connectivity index (χ1) is 9.25. The summed E-state index contributed by atoms with van der Waals surface area (Å²) in [4.78, 5) is 5.45. The van der Waals surface area contributed by atoms with E-state index in [2.05, 4.69) is 10.3 Å². The first kappa shape index (κ1) is 14.5. The van der Waals surface area contributed by atoms with Gasteiger partial charge in [-0.3, -0.25) is 0 Å². The molecule has 0 saturated heterocycles. The van der Waals surface area contributed by atoms with Crippen molar-refractivity contribution in [3.63, 3.8) is 0 Å². The monoisotopic (exact) mass is 298 g/mol. The van der Waals surface area contributed by atoms with Gasteiger partial charge in [-0.2, -0.15) is 11.3 Å². The Bertz CT molecular complexity index is 471. The molecule has 0 aliphatic carbocycles. The maximum absolute atomic E-state index is 9.77. The molecule has 0 aliphatic heterocycles. The SMILES string of the molecule is Cc1ncsc1CCOCC(O)CNc1ccsc1. The molecule has 0 radical (unpaired) electrons. The predicted molar refractivity (Wildman–Crippen MR) is 80.2 cm³/mol. The number of thiazole rings is 1. The van der Waals surface area contributed by atoms with Gasteiger partial charge in [0, 0.05) is 28.9 Å². The third-order valence-corrected chi connectivity index (χ3v) is 4.37. The highest BCUT2D eigenvalue weighted by molar-refractivity contribution is 7.09. The lowest BCUT2D eigenvalue weighted by Crippen LogP contribution is -2.25. The van der Waals surface area contributed by atoms with E-state index in [0.29, 0.717) is 19.8 Å². The highest BCUT2D eigenvalue weighted by Gasteiger charge is 2.05. The Morgan fingerprint density at radius 3 is 3.11 bits per heavy atom. The lowest BCUT2D eigenvalue weighted by molar-refractivity contribution is 0.0449. The van der Waals surface area contributed by atoms with E-state index in [9.17, 15) is 5.11 Å². The summed E-state index contributed by atoms with van der Waals surface area (Å²) < 4.78 is 5.49. The van der Waals surface area contributed by atoms with Gasteiger partial charge in [0.25, 0.3) is 0 Å². The Balaban J connectivity index is 1.56. The molecule has 0 saturated carbocycles. The van der Waals surface area contributed by atoms with Gasteiger partial charge in [0.15, 0.2) is 0 Å². The highest BCUT2D eigenvalue weighted by Crippen LogP contribution is 2.13. The Labute approximate surface area is 121 Å². The number of hydrogen-bond donors (Lipinski definition) is 2. The zero-order valence-corrected chi connectivity index (χ0v) is 12.5. The molecule has 2 rings (SSSR count). The summed E-state index contributed by atoms with van der Waals surface area (Å²) in [6.07, 6.45) is 0.378. The van der Waals surface area contributed by atoms with E-state index < -0.39 is 6.10 Å². The van der Waals surface area contributed by atoms with Crippen molar-refractivity contribution in [1.82, 2.24) is 4.98 Å². The van der Waals surface area contributed by atoms with Crippen molar-refractivity contribution in [2.45, 2.75) is 19.4 Å². The number of rotatable bonds is 8. The van der Waals surface area contributed by atoms with Crippen molar-refractivity contribution < 1.29 is 9.84 Å². The van der Waals surface area contributed by atoms with Crippen LogP contribution >= 0.6 is 22.7 Å². The Hall–Kier alpha value is -0.950. The molecule has 0 aromatic carbocycles. The van der Waals surface area contributed by atoms with Crippen molar-refractivity contribution >= 4 is 28.4 Å². The summed E-state index contributed by atoms with van der Waals surface area (Å²) in [6, 6.07) is 1.99. The summed E-state index contributed by atoms with van der Waals surface area (Å²) in [7, 11) is 0. The lowest BCUT2D eigenvalue weighted by atomic mass is 10.3. The van der Waals surface area contributed by atoms with Gasteiger partial charge in [0.1, 0.15) is 0 Å². The highest BCUT2D eigenvalue weighted by atomic mass is 32.1. The molecule has 104 valence electrons. The quantitative estimate of drug-likeness (QED) is 0.735. The number of aryl methyl sites for hydroxylation is 1. The minimum atomic E-state index is -0.484. The van der Waals surface area contributed by atoms with Crippen LogP contribution in [0.25, 0.3) is 0 Å². The third-order valence-electron chi connectivity index (χ3n) is 2.69. The van der Waals surface area contributed by atoms with Crippen molar-refractivity contribution in [3.05, 3.63) is 32.9 Å². The molecule has 0 spiro atoms. The first-order valence-corrected chi connectivity index (χ1v) is 7.99. The first-order valence-electron chi connectivity index (χ1n) is 6.16. The van der Waals surface area contributed by atoms with Gasteiger partial charge in [0.2, 0.25) is 0 Å². The van der Waals surface area contributed by atoms with Crippen LogP contribution in [0.4, 0.5) is 5.69 Å². The molecule has 2 heterocycles. The van der Waals surface area contributed by atoms with Gasteiger partial charge in [-0.25, -0.2) is 4.98 Å². The van der Waals surface area contributed by atoms with E-state index in [-0.39, 0.29) is 0 Å². The number of nitrogens with zero attached hydrogens (tertiary/aromatic N) is 1. The molecule has 19 heavy (non-hydrogen) atoms. The molecule has 1 unspecified atom stereocenters. The number of ether oxygens (including phenoxy) is 1. The zero-order chi connectivity index (χ0) is 13.5. The van der Waals surface area contributed by atoms with Crippen LogP contribution in [0.15, 0.2) is 22.3 Å². The van der Waals surface area contributed by atoms with Crippen LogP contribution in [-0.4, -0.2) is 36.0 Å². The molecule has 0 amide bonds. The van der Waals surface area contributed by atoms with E-state index in [0.717, 1.165) is 17.8 Å². The molecular formula is C13H18N2O2S2. The average molecular weight is 298 g/mol. The fourth-order valence-electron chi connectivity index (χ4n) is 1.61. The number of aliphatic hydroxyl groups is 1. The van der Waals surface area contributed by atoms with Gasteiger partial charge in [-0.1, -0.05) is 0 Å². The summed E-state index contributed by atoms with van der Waals surface area (Å²) in [5.41, 5.74) is 3.97. The number of thiophene rings is 1. The van der Waals surface area contributed by atoms with Crippen molar-refractivity contribution in [2.75, 3.05) is 25.1 Å². The maximum atomic E-state index is 9.77. The van der Waals surface area contributed by atoms with E-state index in [1.54, 1.807) is 22.7 Å². The smallest absolute Gasteiger partial charge is 0.0945 e. The topological polar surface area (TPSA) is 54.4 Å². The van der Waals surface area contributed by atoms with Crippen molar-refractivity contribution in [1.29, 1.82) is 0 Å². The predicted octanol–water partition coefficient (Wildman–Crippen LogP) is 2.55. The summed E-state index contributed by atoms with van der Waals surface area (Å²) >= 11 is 3.28. The Morgan fingerprint density at radius 2 is 2.42 bits per heavy atom. The van der Waals surface area contributed by atoms with E-state index in [4.69, 9.17) is 4.74 Å². The number of anilines is 1. The number of aromatic nitrogens is 1. The molecule has 4 nitrogen and oxygen atoms in total. The van der Waals surface area contributed by atoms with Crippen molar-refractivity contribution in [3.8, 4) is 0 Å². The lowest BCUT2D eigenvalue weighted by Gasteiger charge is -2.12. The van der Waals surface area contributed by atoms with E-state index in [1.807, 2.05) is 29.3 Å². The molecule has 0 aliphatic rings. The van der Waals surface area contributed by atoms with Crippen LogP contribution in [0.2, 0.25) is 0 Å². The Morgan fingerprint density at radius 1 is 1.53 bits per heavy atom. The molecule has 2 aromatic heterocycles. The molecule has 2 aromatic rings. The number of hydrogen-bond acceptors (Lipinski definition) is 6. The molecule has 2 N–H and O–H groups in total. The zero-order valence-electron chi connectivity index (χ0n) is 10.8. The third kappa shape index (κ3) is 4.91. The van der Waals surface area contributed by atoms with Crippen LogP contribution in [0.3, 0.4) is 0 Å². The van der Waals surface area contributed by atoms with Crippen molar-refractivity contribution in [2.24, 2.45) is 0 Å². The van der Waals surface area contributed by atoms with E-state index in [1.165, 1.54) is 4.88 Å². The van der Waals surface area contributed by atoms with Crippen LogP contribution < -0.4 is 5.32 Å². The van der Waals surface area contributed by atoms with Crippen LogP contribution in [-0.2, 0) is 11.2 Å². The van der Waals surface area contributed by atoms with Gasteiger partial charge in [-0.15, -0.1) is 11.3 Å². The summed E-state index contributed by atoms with van der Waals surface area (Å²) in [5, 5.41) is 16.9. The fraction of sp³-hybridized carbons (Fsp3) is 0.462. The minimum absolute atomic E-state index is 0.356. The number of aliphatic hydroxyl groups excluding tert-OH is 1. The fourth-order valence-corrected chi connectivity index (χ4v) is 2.98. The summed E-state index contributed by atoms with van der Waals surface area (Å²) in [6.45, 7) is 3.50. The molecule has 1 atom stereocenters.